The van der Waals surface area contributed by atoms with Gasteiger partial charge in [0.25, 0.3) is 0 Å². The molecule has 1 saturated heterocycles. The molecule has 0 radical (unpaired) electrons. The first-order valence-corrected chi connectivity index (χ1v) is 15.0. The van der Waals surface area contributed by atoms with Gasteiger partial charge < -0.3 is 14.2 Å². The molecule has 6 rings (SSSR count). The molecule has 1 unspecified atom stereocenters. The normalized spacial score (nSPS) is 16.7. The minimum absolute atomic E-state index is 0.132. The third kappa shape index (κ3) is 6.56. The van der Waals surface area contributed by atoms with Gasteiger partial charge in [-0.25, -0.2) is 4.98 Å². The molecule has 0 N–H and O–H groups in total. The number of imidazole rings is 1. The average molecular weight is 560 g/mol. The van der Waals surface area contributed by atoms with Crippen LogP contribution in [0, 0.1) is 17.2 Å². The first kappa shape index (κ1) is 27.7. The van der Waals surface area contributed by atoms with Gasteiger partial charge in [0.2, 0.25) is 5.91 Å². The second-order valence-corrected chi connectivity index (χ2v) is 11.4. The summed E-state index contributed by atoms with van der Waals surface area (Å²) in [6.07, 6.45) is 8.39. The molecule has 1 aliphatic heterocycles. The summed E-state index contributed by atoms with van der Waals surface area (Å²) < 4.78 is 8.29. The van der Waals surface area contributed by atoms with E-state index in [-0.39, 0.29) is 11.8 Å². The molecule has 1 aromatic heterocycles. The average Bonchev–Trinajstić information content (AvgIpc) is 3.71. The molecule has 0 spiro atoms. The van der Waals surface area contributed by atoms with Crippen molar-refractivity contribution in [2.75, 3.05) is 26.2 Å². The van der Waals surface area contributed by atoms with Crippen LogP contribution in [0.15, 0.2) is 91.4 Å². The Morgan fingerprint density at radius 2 is 1.64 bits per heavy atom. The van der Waals surface area contributed by atoms with Gasteiger partial charge in [-0.3, -0.25) is 9.69 Å². The number of hydrogen-bond acceptors (Lipinski definition) is 5. The lowest BCUT2D eigenvalue weighted by atomic mass is 9.83. The summed E-state index contributed by atoms with van der Waals surface area (Å²) in [6.45, 7) is 4.64. The Kier molecular flexibility index (Phi) is 8.62. The number of ether oxygens (including phenoxy) is 1. The van der Waals surface area contributed by atoms with Crippen molar-refractivity contribution in [2.45, 2.75) is 44.7 Å². The van der Waals surface area contributed by atoms with Crippen LogP contribution in [0.5, 0.6) is 11.5 Å². The van der Waals surface area contributed by atoms with Gasteiger partial charge >= 0.3 is 0 Å². The van der Waals surface area contributed by atoms with Gasteiger partial charge in [-0.2, -0.15) is 5.26 Å². The second kappa shape index (κ2) is 13.1. The smallest absolute Gasteiger partial charge is 0.230 e. The Labute approximate surface area is 248 Å². The lowest BCUT2D eigenvalue weighted by Gasteiger charge is -2.37. The number of hydrogen-bond donors (Lipinski definition) is 0. The third-order valence-electron chi connectivity index (χ3n) is 8.64. The van der Waals surface area contributed by atoms with Gasteiger partial charge in [0.05, 0.1) is 29.6 Å². The van der Waals surface area contributed by atoms with Crippen molar-refractivity contribution in [3.8, 4) is 17.6 Å². The van der Waals surface area contributed by atoms with Crippen LogP contribution in [-0.4, -0.2) is 51.4 Å². The fourth-order valence-corrected chi connectivity index (χ4v) is 6.36. The number of aromatic nitrogens is 2. The molecule has 7 nitrogen and oxygen atoms in total. The molecular weight excluding hydrogens is 522 g/mol. The lowest BCUT2D eigenvalue weighted by Crippen LogP contribution is -2.50. The number of amides is 1. The molecule has 2 aliphatic rings. The monoisotopic (exact) mass is 559 g/mol. The van der Waals surface area contributed by atoms with Gasteiger partial charge in [0.1, 0.15) is 11.5 Å². The zero-order valence-electron chi connectivity index (χ0n) is 23.9. The van der Waals surface area contributed by atoms with E-state index < -0.39 is 0 Å². The van der Waals surface area contributed by atoms with Crippen LogP contribution < -0.4 is 4.74 Å². The predicted octanol–water partition coefficient (Wildman–Crippen LogP) is 6.21. The van der Waals surface area contributed by atoms with E-state index in [1.807, 2.05) is 79.3 Å². The van der Waals surface area contributed by atoms with E-state index in [1.54, 1.807) is 0 Å². The lowest BCUT2D eigenvalue weighted by molar-refractivity contribution is -0.136. The Balaban J connectivity index is 1.10. The van der Waals surface area contributed by atoms with Crippen molar-refractivity contribution < 1.29 is 9.53 Å². The first-order chi connectivity index (χ1) is 20.7. The minimum atomic E-state index is -0.132. The van der Waals surface area contributed by atoms with Crippen molar-refractivity contribution in [3.63, 3.8) is 0 Å². The highest BCUT2D eigenvalue weighted by molar-refractivity contribution is 5.84. The quantitative estimate of drug-likeness (QED) is 0.244. The number of rotatable bonds is 9. The molecule has 7 heteroatoms. The standard InChI is InChI=1S/C35H37N5O2/c36-22-27-13-15-28(16-14-27)24-40-26-37-23-31(40)25-38-17-19-39(20-18-38)35(41)34(29-7-4-5-8-29)30-9-6-12-33(21-30)42-32-10-2-1-3-11-32/h1-3,6,9-16,21,23,26,29,34H,4-5,7-8,17-20,24-25H2. The topological polar surface area (TPSA) is 74.4 Å². The van der Waals surface area contributed by atoms with Crippen molar-refractivity contribution in [1.29, 1.82) is 5.26 Å². The zero-order valence-corrected chi connectivity index (χ0v) is 23.9. The summed E-state index contributed by atoms with van der Waals surface area (Å²) in [4.78, 5) is 23.0. The molecule has 1 atom stereocenters. The van der Waals surface area contributed by atoms with Gasteiger partial charge in [-0.15, -0.1) is 0 Å². The first-order valence-electron chi connectivity index (χ1n) is 15.0. The van der Waals surface area contributed by atoms with E-state index in [0.717, 1.165) is 80.4 Å². The Morgan fingerprint density at radius 1 is 0.905 bits per heavy atom. The maximum absolute atomic E-state index is 14.1. The van der Waals surface area contributed by atoms with Crippen LogP contribution in [0.25, 0.3) is 0 Å². The molecule has 1 aliphatic carbocycles. The fourth-order valence-electron chi connectivity index (χ4n) is 6.36. The van der Waals surface area contributed by atoms with Crippen LogP contribution in [0.2, 0.25) is 0 Å². The molecule has 3 aromatic carbocycles. The highest BCUT2D eigenvalue weighted by Crippen LogP contribution is 2.40. The SMILES string of the molecule is N#Cc1ccc(Cn2cncc2CN2CCN(C(=O)C(c3cccc(Oc4ccccc4)c3)C3CCCC3)CC2)cc1. The Morgan fingerprint density at radius 3 is 2.38 bits per heavy atom. The molecule has 2 heterocycles. The largest absolute Gasteiger partial charge is 0.457 e. The van der Waals surface area contributed by atoms with Gasteiger partial charge in [0, 0.05) is 45.5 Å². The van der Waals surface area contributed by atoms with Crippen molar-refractivity contribution in [1.82, 2.24) is 19.4 Å². The minimum Gasteiger partial charge on any atom is -0.457 e. The summed E-state index contributed by atoms with van der Waals surface area (Å²) in [6, 6.07) is 27.8. The Bertz CT molecular complexity index is 1510. The van der Waals surface area contributed by atoms with Crippen molar-refractivity contribution in [2.24, 2.45) is 5.92 Å². The summed E-state index contributed by atoms with van der Waals surface area (Å²) in [5.74, 6) is 2.07. The number of carbonyl (C=O) groups is 1. The molecule has 214 valence electrons. The molecular formula is C35H37N5O2. The maximum Gasteiger partial charge on any atom is 0.230 e. The van der Waals surface area contributed by atoms with E-state index in [1.165, 1.54) is 12.8 Å². The molecule has 4 aromatic rings. The van der Waals surface area contributed by atoms with Crippen LogP contribution in [0.1, 0.15) is 54.0 Å². The highest BCUT2D eigenvalue weighted by Gasteiger charge is 2.36. The van der Waals surface area contributed by atoms with Crippen molar-refractivity contribution >= 4 is 5.91 Å². The molecule has 42 heavy (non-hydrogen) atoms. The molecule has 1 saturated carbocycles. The number of nitriles is 1. The van der Waals surface area contributed by atoms with Gasteiger partial charge in [0.15, 0.2) is 0 Å². The van der Waals surface area contributed by atoms with Gasteiger partial charge in [-0.05, 0) is 66.3 Å². The van der Waals surface area contributed by atoms with E-state index in [0.29, 0.717) is 11.5 Å². The van der Waals surface area contributed by atoms with Crippen LogP contribution in [0.3, 0.4) is 0 Å². The highest BCUT2D eigenvalue weighted by atomic mass is 16.5. The maximum atomic E-state index is 14.1. The number of benzene rings is 3. The summed E-state index contributed by atoms with van der Waals surface area (Å²) in [7, 11) is 0. The number of carbonyl (C=O) groups excluding carboxylic acids is 1. The Hall–Kier alpha value is -4.41. The van der Waals surface area contributed by atoms with E-state index in [9.17, 15) is 4.79 Å². The number of piperazine rings is 1. The van der Waals surface area contributed by atoms with E-state index in [4.69, 9.17) is 10.00 Å². The zero-order chi connectivity index (χ0) is 28.7. The summed E-state index contributed by atoms with van der Waals surface area (Å²) in [5, 5.41) is 9.07. The number of nitrogens with zero attached hydrogens (tertiary/aromatic N) is 5. The van der Waals surface area contributed by atoms with Crippen molar-refractivity contribution in [3.05, 3.63) is 114 Å². The van der Waals surface area contributed by atoms with Crippen LogP contribution >= 0.6 is 0 Å². The third-order valence-corrected chi connectivity index (χ3v) is 8.64. The summed E-state index contributed by atoms with van der Waals surface area (Å²) >= 11 is 0. The predicted molar refractivity (Wildman–Crippen MR) is 162 cm³/mol. The van der Waals surface area contributed by atoms with Crippen LogP contribution in [0.4, 0.5) is 0 Å². The van der Waals surface area contributed by atoms with E-state index >= 15 is 0 Å². The second-order valence-electron chi connectivity index (χ2n) is 11.4. The molecule has 2 fully saturated rings. The summed E-state index contributed by atoms with van der Waals surface area (Å²) in [5.41, 5.74) is 4.02. The fraction of sp³-hybridized carbons (Fsp3) is 0.343. The number of para-hydroxylation sites is 1. The van der Waals surface area contributed by atoms with Gasteiger partial charge in [-0.1, -0.05) is 55.3 Å². The van der Waals surface area contributed by atoms with E-state index in [2.05, 4.69) is 37.6 Å². The van der Waals surface area contributed by atoms with Crippen LogP contribution in [-0.2, 0) is 17.9 Å². The molecule has 1 amide bonds. The molecule has 0 bridgehead atoms.